The second kappa shape index (κ2) is 13.7. The van der Waals surface area contributed by atoms with Gasteiger partial charge in [-0.1, -0.05) is 157 Å². The molecule has 10 aromatic rings. The maximum atomic E-state index is 8.90. The van der Waals surface area contributed by atoms with E-state index in [2.05, 4.69) is 9.55 Å². The highest BCUT2D eigenvalue weighted by atomic mass is 15.1. The van der Waals surface area contributed by atoms with Crippen molar-refractivity contribution in [3.8, 4) is 74.0 Å². The van der Waals surface area contributed by atoms with Crippen molar-refractivity contribution < 1.29 is 13.7 Å². The lowest BCUT2D eigenvalue weighted by Crippen LogP contribution is -2.05. The van der Waals surface area contributed by atoms with Crippen LogP contribution in [0.15, 0.2) is 188 Å². The van der Waals surface area contributed by atoms with E-state index in [0.717, 1.165) is 21.8 Å². The number of aromatic nitrogens is 7. The summed E-state index contributed by atoms with van der Waals surface area (Å²) in [6.45, 7) is 0. The third-order valence-electron chi connectivity index (χ3n) is 9.10. The molecule has 0 saturated carbocycles. The van der Waals surface area contributed by atoms with Crippen LogP contribution in [0.5, 0.6) is 0 Å². The van der Waals surface area contributed by atoms with E-state index in [-0.39, 0.29) is 46.1 Å². The Bertz CT molecular complexity index is 3460. The summed E-state index contributed by atoms with van der Waals surface area (Å²) in [4.78, 5) is 29.0. The van der Waals surface area contributed by atoms with Crippen LogP contribution in [0.2, 0.25) is 0 Å². The highest BCUT2D eigenvalue weighted by Crippen LogP contribution is 2.38. The molecule has 7 aromatic carbocycles. The molecule has 0 unspecified atom stereocenters. The van der Waals surface area contributed by atoms with E-state index in [0.29, 0.717) is 27.9 Å². The second-order valence-electron chi connectivity index (χ2n) is 12.4. The van der Waals surface area contributed by atoms with Gasteiger partial charge in [0.05, 0.1) is 30.4 Å². The lowest BCUT2D eigenvalue weighted by atomic mass is 10.1. The fraction of sp³-hybridized carbons (Fsp3) is 0. The van der Waals surface area contributed by atoms with E-state index in [1.165, 1.54) is 0 Å². The number of hydrogen-bond acceptors (Lipinski definition) is 6. The van der Waals surface area contributed by atoms with E-state index in [1.54, 1.807) is 48.5 Å². The predicted molar refractivity (Wildman–Crippen MR) is 220 cm³/mol. The minimum absolute atomic E-state index is 0.0857. The van der Waals surface area contributed by atoms with Crippen molar-refractivity contribution in [2.45, 2.75) is 0 Å². The molecule has 258 valence electrons. The molecular formula is C48H31N7. The molecule has 0 aliphatic heterocycles. The van der Waals surface area contributed by atoms with Gasteiger partial charge < -0.3 is 4.57 Å². The van der Waals surface area contributed by atoms with Gasteiger partial charge in [-0.05, 0) is 30.3 Å². The largest absolute Gasteiger partial charge is 0.309 e. The van der Waals surface area contributed by atoms with Crippen LogP contribution in [0.25, 0.3) is 95.8 Å². The molecule has 10 rings (SSSR count). The number of hydrogen-bond donors (Lipinski definition) is 0. The monoisotopic (exact) mass is 715 g/mol. The molecule has 0 saturated heterocycles. The third-order valence-corrected chi connectivity index (χ3v) is 9.10. The Morgan fingerprint density at radius 2 is 0.745 bits per heavy atom. The quantitative estimate of drug-likeness (QED) is 0.163. The average Bonchev–Trinajstić information content (AvgIpc) is 3.68. The number of nitrogens with zero attached hydrogens (tertiary/aromatic N) is 7. The molecule has 0 bridgehead atoms. The fourth-order valence-corrected chi connectivity index (χ4v) is 6.61. The molecule has 3 heterocycles. The van der Waals surface area contributed by atoms with Crippen LogP contribution in [-0.4, -0.2) is 34.5 Å². The fourth-order valence-electron chi connectivity index (χ4n) is 6.61. The van der Waals surface area contributed by atoms with Crippen molar-refractivity contribution in [2.24, 2.45) is 0 Å². The van der Waals surface area contributed by atoms with Gasteiger partial charge in [-0.2, -0.15) is 0 Å². The lowest BCUT2D eigenvalue weighted by molar-refractivity contribution is 1.06. The van der Waals surface area contributed by atoms with Crippen LogP contribution in [0, 0.1) is 0 Å². The van der Waals surface area contributed by atoms with Gasteiger partial charge in [-0.3, -0.25) is 0 Å². The van der Waals surface area contributed by atoms with E-state index < -0.39 is 60.4 Å². The zero-order valence-electron chi connectivity index (χ0n) is 38.8. The first-order valence-corrected chi connectivity index (χ1v) is 17.3. The smallest absolute Gasteiger partial charge is 0.166 e. The van der Waals surface area contributed by atoms with Crippen LogP contribution < -0.4 is 0 Å². The molecule has 0 spiro atoms. The molecule has 7 nitrogen and oxygen atoms in total. The van der Waals surface area contributed by atoms with Gasteiger partial charge in [0.15, 0.2) is 34.9 Å². The SMILES string of the molecule is [2H]c1c([2H])c([2H])c(-c2nc(-c3ccccc3)nc(-c3ccc(-n4c5ccccc5c5ccccc54)c(-c4nc(-c5ccccc5)nc(-c5c([2H])c([2H])c([2H])c([2H])c5[2H])n4)c3)n2)c([2H])c1[2H]. The second-order valence-corrected chi connectivity index (χ2v) is 12.4. The molecule has 0 radical (unpaired) electrons. The molecule has 3 aromatic heterocycles. The number of para-hydroxylation sites is 2. The van der Waals surface area contributed by atoms with E-state index >= 15 is 0 Å². The van der Waals surface area contributed by atoms with Crippen LogP contribution >= 0.6 is 0 Å². The molecular weight excluding hydrogens is 675 g/mol. The molecule has 0 aliphatic carbocycles. The van der Waals surface area contributed by atoms with E-state index in [1.807, 2.05) is 78.9 Å². The van der Waals surface area contributed by atoms with E-state index in [4.69, 9.17) is 38.6 Å². The summed E-state index contributed by atoms with van der Waals surface area (Å²) in [5.74, 6) is 0.237. The molecule has 7 heteroatoms. The zero-order valence-corrected chi connectivity index (χ0v) is 28.8. The van der Waals surface area contributed by atoms with E-state index in [9.17, 15) is 0 Å². The Hall–Kier alpha value is -7.64. The van der Waals surface area contributed by atoms with Crippen LogP contribution in [0.3, 0.4) is 0 Å². The van der Waals surface area contributed by atoms with Gasteiger partial charge in [0, 0.05) is 44.2 Å². The van der Waals surface area contributed by atoms with Crippen molar-refractivity contribution in [3.05, 3.63) is 188 Å². The minimum Gasteiger partial charge on any atom is -0.309 e. The van der Waals surface area contributed by atoms with Gasteiger partial charge >= 0.3 is 0 Å². The summed E-state index contributed by atoms with van der Waals surface area (Å²) >= 11 is 0. The number of fused-ring (bicyclic) bond motifs is 3. The third kappa shape index (κ3) is 5.99. The Balaban J connectivity index is 1.31. The Kier molecular flexibility index (Phi) is 5.77. The van der Waals surface area contributed by atoms with Gasteiger partial charge in [0.1, 0.15) is 0 Å². The summed E-state index contributed by atoms with van der Waals surface area (Å²) in [5.41, 5.74) is 3.89. The molecule has 0 atom stereocenters. The maximum absolute atomic E-state index is 8.90. The number of rotatable bonds is 7. The maximum Gasteiger partial charge on any atom is 0.166 e. The Labute approximate surface area is 331 Å². The van der Waals surface area contributed by atoms with Crippen molar-refractivity contribution >= 4 is 21.8 Å². The van der Waals surface area contributed by atoms with Crippen molar-refractivity contribution in [2.75, 3.05) is 0 Å². The molecule has 0 fully saturated rings. The highest BCUT2D eigenvalue weighted by Gasteiger charge is 2.21. The van der Waals surface area contributed by atoms with Gasteiger partial charge in [0.2, 0.25) is 0 Å². The zero-order chi connectivity index (χ0) is 45.3. The average molecular weight is 716 g/mol. The van der Waals surface area contributed by atoms with Crippen LogP contribution in [0.4, 0.5) is 0 Å². The standard InChI is InChI=1S/C48H31N7/c1-5-17-32(18-6-1)43-49-44(33-19-7-2-8-20-33)52-47(51-43)36-29-30-42(55-40-27-15-13-25-37(40)38-26-14-16-28-41(38)55)39(31-36)48-53-45(34-21-9-3-10-22-34)50-46(54-48)35-23-11-4-12-24-35/h1-31H/i1D,3D,5D,6D,9D,10D,17D,18D,21D,22D. The topological polar surface area (TPSA) is 82.3 Å². The number of benzene rings is 7. The van der Waals surface area contributed by atoms with Crippen LogP contribution in [-0.2, 0) is 0 Å². The summed E-state index contributed by atoms with van der Waals surface area (Å²) in [5, 5.41) is 1.96. The molecule has 0 amide bonds. The summed E-state index contributed by atoms with van der Waals surface area (Å²) in [6.07, 6.45) is 0. The van der Waals surface area contributed by atoms with Crippen molar-refractivity contribution in [1.29, 1.82) is 0 Å². The van der Waals surface area contributed by atoms with Gasteiger partial charge in [-0.15, -0.1) is 0 Å². The summed E-state index contributed by atoms with van der Waals surface area (Å²) < 4.78 is 87.8. The Morgan fingerprint density at radius 3 is 1.24 bits per heavy atom. The highest BCUT2D eigenvalue weighted by molar-refractivity contribution is 6.09. The normalized spacial score (nSPS) is 13.8. The first-order valence-electron chi connectivity index (χ1n) is 22.3. The lowest BCUT2D eigenvalue weighted by Gasteiger charge is -2.16. The Morgan fingerprint density at radius 1 is 0.345 bits per heavy atom. The molecule has 55 heavy (non-hydrogen) atoms. The predicted octanol–water partition coefficient (Wildman–Crippen LogP) is 11.2. The van der Waals surface area contributed by atoms with Gasteiger partial charge in [-0.25, -0.2) is 29.9 Å². The van der Waals surface area contributed by atoms with Gasteiger partial charge in [0.25, 0.3) is 0 Å². The first kappa shape index (κ1) is 23.1. The molecule has 0 N–H and O–H groups in total. The molecule has 0 aliphatic rings. The van der Waals surface area contributed by atoms with Crippen LogP contribution in [0.1, 0.15) is 13.7 Å². The first-order chi connectivity index (χ1) is 31.4. The summed E-state index contributed by atoms with van der Waals surface area (Å²) in [7, 11) is 0. The summed E-state index contributed by atoms with van der Waals surface area (Å²) in [6, 6.07) is 34.2. The van der Waals surface area contributed by atoms with Crippen molar-refractivity contribution in [3.63, 3.8) is 0 Å². The minimum atomic E-state index is -0.558. The van der Waals surface area contributed by atoms with Crippen molar-refractivity contribution in [1.82, 2.24) is 34.5 Å².